The fraction of sp³-hybridized carbons (Fsp3) is 0.889. The molecule has 0 radical (unpaired) electrons. The molecule has 0 saturated heterocycles. The van der Waals surface area contributed by atoms with Gasteiger partial charge in [0.05, 0.1) is 5.84 Å². The third kappa shape index (κ3) is 9.76. The molecular formula is C9H20ClN2-. The van der Waals surface area contributed by atoms with E-state index >= 15 is 0 Å². The maximum atomic E-state index is 5.62. The lowest BCUT2D eigenvalue weighted by Gasteiger charge is -2.03. The van der Waals surface area contributed by atoms with Gasteiger partial charge in [-0.15, -0.1) is 0 Å². The Labute approximate surface area is 82.0 Å². The Morgan fingerprint density at radius 1 is 1.42 bits per heavy atom. The van der Waals surface area contributed by atoms with Gasteiger partial charge in [0.15, 0.2) is 0 Å². The first-order valence-electron chi connectivity index (χ1n) is 4.45. The van der Waals surface area contributed by atoms with Gasteiger partial charge in [-0.1, -0.05) is 20.3 Å². The normalized spacial score (nSPS) is 11.5. The van der Waals surface area contributed by atoms with E-state index in [1.165, 1.54) is 12.8 Å². The summed E-state index contributed by atoms with van der Waals surface area (Å²) in [6.45, 7) is 7.28. The van der Waals surface area contributed by atoms with E-state index in [9.17, 15) is 0 Å². The molecular weight excluding hydrogens is 172 g/mol. The summed E-state index contributed by atoms with van der Waals surface area (Å²) in [5, 5.41) is 0. The Kier molecular flexibility index (Phi) is 10.5. The van der Waals surface area contributed by atoms with Gasteiger partial charge in [-0.05, 0) is 19.3 Å². The van der Waals surface area contributed by atoms with Crippen LogP contribution in [0, 0.1) is 5.92 Å². The van der Waals surface area contributed by atoms with Gasteiger partial charge in [0.2, 0.25) is 0 Å². The molecule has 0 bridgehead atoms. The van der Waals surface area contributed by atoms with Crippen LogP contribution in [0.2, 0.25) is 0 Å². The molecule has 0 amide bonds. The lowest BCUT2D eigenvalue weighted by molar-refractivity contribution is -0.00000291. The second-order valence-corrected chi connectivity index (χ2v) is 3.25. The van der Waals surface area contributed by atoms with Crippen molar-refractivity contribution < 1.29 is 12.4 Å². The molecule has 0 saturated carbocycles. The molecule has 3 heteroatoms. The van der Waals surface area contributed by atoms with Crippen molar-refractivity contribution in [3.05, 3.63) is 0 Å². The molecule has 0 aliphatic rings. The molecule has 0 fully saturated rings. The summed E-state index contributed by atoms with van der Waals surface area (Å²) in [5.74, 6) is 1.59. The maximum absolute atomic E-state index is 5.62. The van der Waals surface area contributed by atoms with Crippen molar-refractivity contribution in [2.45, 2.75) is 40.0 Å². The van der Waals surface area contributed by atoms with Crippen LogP contribution in [0.4, 0.5) is 0 Å². The summed E-state index contributed by atoms with van der Waals surface area (Å²) < 4.78 is 0. The fourth-order valence-corrected chi connectivity index (χ4v) is 0.974. The molecule has 0 spiro atoms. The number of amidine groups is 1. The zero-order chi connectivity index (χ0) is 8.69. The molecule has 0 aromatic heterocycles. The topological polar surface area (TPSA) is 38.4 Å². The van der Waals surface area contributed by atoms with Crippen molar-refractivity contribution in [1.82, 2.24) is 0 Å². The Bertz CT molecular complexity index is 122. The first-order chi connectivity index (χ1) is 5.16. The number of nitrogens with two attached hydrogens (primary N) is 1. The van der Waals surface area contributed by atoms with E-state index in [2.05, 4.69) is 18.8 Å². The Morgan fingerprint density at radius 2 is 2.00 bits per heavy atom. The molecule has 0 rings (SSSR count). The van der Waals surface area contributed by atoms with Gasteiger partial charge in [-0.2, -0.15) is 0 Å². The summed E-state index contributed by atoms with van der Waals surface area (Å²) in [4.78, 5) is 4.12. The van der Waals surface area contributed by atoms with Crippen molar-refractivity contribution in [3.63, 3.8) is 0 Å². The molecule has 0 atom stereocenters. The average Bonchev–Trinajstić information content (AvgIpc) is 1.87. The van der Waals surface area contributed by atoms with E-state index in [1.54, 1.807) is 0 Å². The minimum atomic E-state index is 0. The zero-order valence-corrected chi connectivity index (χ0v) is 9.06. The maximum Gasteiger partial charge on any atom is 0.0936 e. The highest BCUT2D eigenvalue weighted by Gasteiger charge is 1.95. The number of aliphatic imine (C=N–C) groups is 1. The second-order valence-electron chi connectivity index (χ2n) is 3.25. The van der Waals surface area contributed by atoms with E-state index in [0.717, 1.165) is 24.7 Å². The number of rotatable bonds is 5. The van der Waals surface area contributed by atoms with Crippen LogP contribution in [0.1, 0.15) is 40.0 Å². The number of halogens is 1. The summed E-state index contributed by atoms with van der Waals surface area (Å²) in [6, 6.07) is 0. The Morgan fingerprint density at radius 3 is 2.42 bits per heavy atom. The predicted molar refractivity (Wildman–Crippen MR) is 50.9 cm³/mol. The average molecular weight is 192 g/mol. The number of nitrogens with zero attached hydrogens (tertiary/aromatic N) is 1. The summed E-state index contributed by atoms with van der Waals surface area (Å²) in [5.41, 5.74) is 5.62. The molecule has 2 N–H and O–H groups in total. The van der Waals surface area contributed by atoms with Crippen LogP contribution in [0.5, 0.6) is 0 Å². The molecule has 0 aliphatic heterocycles. The highest BCUT2D eigenvalue weighted by Crippen LogP contribution is 2.05. The van der Waals surface area contributed by atoms with Crippen LogP contribution in [0.15, 0.2) is 4.99 Å². The lowest BCUT2D eigenvalue weighted by atomic mass is 10.1. The van der Waals surface area contributed by atoms with Crippen LogP contribution in [0.3, 0.4) is 0 Å². The largest absolute Gasteiger partial charge is 1.00 e. The van der Waals surface area contributed by atoms with Crippen molar-refractivity contribution in [3.8, 4) is 0 Å². The third-order valence-corrected chi connectivity index (χ3v) is 1.58. The highest BCUT2D eigenvalue weighted by atomic mass is 35.5. The van der Waals surface area contributed by atoms with Gasteiger partial charge in [-0.3, -0.25) is 4.99 Å². The number of hydrogen-bond donors (Lipinski definition) is 1. The molecule has 12 heavy (non-hydrogen) atoms. The van der Waals surface area contributed by atoms with Crippen LogP contribution >= 0.6 is 0 Å². The summed E-state index contributed by atoms with van der Waals surface area (Å²) in [7, 11) is 0. The quantitative estimate of drug-likeness (QED) is 0.448. The zero-order valence-electron chi connectivity index (χ0n) is 8.31. The molecule has 0 aromatic carbocycles. The van der Waals surface area contributed by atoms with Gasteiger partial charge < -0.3 is 18.1 Å². The molecule has 0 aliphatic carbocycles. The van der Waals surface area contributed by atoms with E-state index in [0.29, 0.717) is 0 Å². The van der Waals surface area contributed by atoms with Crippen LogP contribution < -0.4 is 18.1 Å². The molecule has 74 valence electrons. The highest BCUT2D eigenvalue weighted by molar-refractivity contribution is 5.80. The van der Waals surface area contributed by atoms with E-state index in [4.69, 9.17) is 5.73 Å². The van der Waals surface area contributed by atoms with Gasteiger partial charge in [0.1, 0.15) is 0 Å². The molecule has 2 nitrogen and oxygen atoms in total. The first kappa shape index (κ1) is 14.3. The standard InChI is InChI=1S/C9H20N2.ClH/c1-4-11-9(10)7-5-6-8(2)3;/h8H,4-7H2,1-3H3,(H2,10,11);1H/p-1. The third-order valence-electron chi connectivity index (χ3n) is 1.58. The molecule has 0 heterocycles. The van der Waals surface area contributed by atoms with E-state index in [-0.39, 0.29) is 12.4 Å². The second kappa shape index (κ2) is 8.85. The van der Waals surface area contributed by atoms with Crippen LogP contribution in [-0.2, 0) is 0 Å². The Balaban J connectivity index is 0. The number of hydrogen-bond acceptors (Lipinski definition) is 1. The van der Waals surface area contributed by atoms with Gasteiger partial charge in [0.25, 0.3) is 0 Å². The Hall–Kier alpha value is -0.240. The summed E-state index contributed by atoms with van der Waals surface area (Å²) in [6.07, 6.45) is 3.39. The smallest absolute Gasteiger partial charge is 0.0936 e. The first-order valence-corrected chi connectivity index (χ1v) is 4.45. The van der Waals surface area contributed by atoms with Crippen molar-refractivity contribution in [2.24, 2.45) is 16.6 Å². The van der Waals surface area contributed by atoms with Gasteiger partial charge >= 0.3 is 0 Å². The fourth-order valence-electron chi connectivity index (χ4n) is 0.974. The van der Waals surface area contributed by atoms with E-state index in [1.807, 2.05) is 6.92 Å². The SMILES string of the molecule is CCN=C(N)CCCC(C)C.[Cl-]. The van der Waals surface area contributed by atoms with Crippen molar-refractivity contribution in [1.29, 1.82) is 0 Å². The van der Waals surface area contributed by atoms with Crippen molar-refractivity contribution >= 4 is 5.84 Å². The minimum Gasteiger partial charge on any atom is -1.00 e. The van der Waals surface area contributed by atoms with Crippen LogP contribution in [-0.4, -0.2) is 12.4 Å². The van der Waals surface area contributed by atoms with Crippen molar-refractivity contribution in [2.75, 3.05) is 6.54 Å². The minimum absolute atomic E-state index is 0. The van der Waals surface area contributed by atoms with E-state index < -0.39 is 0 Å². The molecule has 0 aromatic rings. The van der Waals surface area contributed by atoms with Gasteiger partial charge in [-0.25, -0.2) is 0 Å². The summed E-state index contributed by atoms with van der Waals surface area (Å²) >= 11 is 0. The van der Waals surface area contributed by atoms with Gasteiger partial charge in [0, 0.05) is 13.0 Å². The van der Waals surface area contributed by atoms with Crippen LogP contribution in [0.25, 0.3) is 0 Å². The predicted octanol–water partition coefficient (Wildman–Crippen LogP) is -0.806. The monoisotopic (exact) mass is 191 g/mol. The molecule has 0 unspecified atom stereocenters. The lowest BCUT2D eigenvalue weighted by Crippen LogP contribution is -3.00.